The van der Waals surface area contributed by atoms with Gasteiger partial charge in [0.2, 0.25) is 0 Å². The molecule has 1 aliphatic heterocycles. The van der Waals surface area contributed by atoms with E-state index in [1.807, 2.05) is 29.9 Å². The fraction of sp³-hybridized carbons (Fsp3) is 0.500. The first kappa shape index (κ1) is 17.4. The van der Waals surface area contributed by atoms with Crippen LogP contribution in [0.1, 0.15) is 35.6 Å². The van der Waals surface area contributed by atoms with Gasteiger partial charge in [0.05, 0.1) is 12.2 Å². The number of amides is 1. The lowest BCUT2D eigenvalue weighted by Crippen LogP contribution is -2.38. The van der Waals surface area contributed by atoms with Gasteiger partial charge in [-0.25, -0.2) is 0 Å². The van der Waals surface area contributed by atoms with E-state index in [9.17, 15) is 4.79 Å². The molecule has 0 aliphatic carbocycles. The highest BCUT2D eigenvalue weighted by Gasteiger charge is 2.22. The van der Waals surface area contributed by atoms with Crippen molar-refractivity contribution < 1.29 is 4.79 Å². The average Bonchev–Trinajstić information content (AvgIpc) is 3.03. The SMILES string of the molecule is Cc1cnccc1NCCNC(=O)c1cc2n(n1)CCN(C(C)C)C2. The number of carbonyl (C=O) groups excluding carboxylic acids is 1. The molecule has 2 aromatic heterocycles. The average molecular weight is 342 g/mol. The number of hydrogen-bond acceptors (Lipinski definition) is 5. The van der Waals surface area contributed by atoms with Crippen molar-refractivity contribution in [3.63, 3.8) is 0 Å². The van der Waals surface area contributed by atoms with Gasteiger partial charge in [-0.1, -0.05) is 0 Å². The van der Waals surface area contributed by atoms with Crippen LogP contribution in [0.4, 0.5) is 5.69 Å². The number of nitrogens with zero attached hydrogens (tertiary/aromatic N) is 4. The molecule has 3 heterocycles. The van der Waals surface area contributed by atoms with Crippen molar-refractivity contribution in [1.82, 2.24) is 25.0 Å². The molecule has 7 nitrogen and oxygen atoms in total. The smallest absolute Gasteiger partial charge is 0.271 e. The Kier molecular flexibility index (Phi) is 5.33. The lowest BCUT2D eigenvalue weighted by Gasteiger charge is -2.30. The first-order valence-electron chi connectivity index (χ1n) is 8.78. The highest BCUT2D eigenvalue weighted by molar-refractivity contribution is 5.92. The summed E-state index contributed by atoms with van der Waals surface area (Å²) in [6.45, 7) is 10.2. The molecule has 25 heavy (non-hydrogen) atoms. The largest absolute Gasteiger partial charge is 0.383 e. The second-order valence-corrected chi connectivity index (χ2v) is 6.68. The zero-order valence-electron chi connectivity index (χ0n) is 15.1. The summed E-state index contributed by atoms with van der Waals surface area (Å²) in [6, 6.07) is 4.34. The Morgan fingerprint density at radius 3 is 2.92 bits per heavy atom. The van der Waals surface area contributed by atoms with E-state index in [1.54, 1.807) is 6.20 Å². The van der Waals surface area contributed by atoms with Crippen molar-refractivity contribution in [2.75, 3.05) is 25.0 Å². The molecule has 134 valence electrons. The Morgan fingerprint density at radius 1 is 1.32 bits per heavy atom. The third-order valence-corrected chi connectivity index (χ3v) is 4.54. The third kappa shape index (κ3) is 4.17. The van der Waals surface area contributed by atoms with Gasteiger partial charge in [-0.3, -0.25) is 19.4 Å². The van der Waals surface area contributed by atoms with Crippen LogP contribution in [0.15, 0.2) is 24.5 Å². The quantitative estimate of drug-likeness (QED) is 0.781. The second-order valence-electron chi connectivity index (χ2n) is 6.68. The molecule has 0 saturated heterocycles. The number of fused-ring (bicyclic) bond motifs is 1. The normalized spacial score (nSPS) is 14.4. The summed E-state index contributed by atoms with van der Waals surface area (Å²) >= 11 is 0. The Labute approximate surface area is 148 Å². The Hall–Kier alpha value is -2.41. The van der Waals surface area contributed by atoms with Crippen LogP contribution in [0.25, 0.3) is 0 Å². The minimum absolute atomic E-state index is 0.119. The van der Waals surface area contributed by atoms with Gasteiger partial charge in [-0.05, 0) is 38.5 Å². The maximum absolute atomic E-state index is 12.3. The van der Waals surface area contributed by atoms with E-state index in [-0.39, 0.29) is 5.91 Å². The number of carbonyl (C=O) groups is 1. The molecule has 0 fully saturated rings. The zero-order chi connectivity index (χ0) is 17.8. The van der Waals surface area contributed by atoms with Crippen LogP contribution < -0.4 is 10.6 Å². The highest BCUT2D eigenvalue weighted by Crippen LogP contribution is 2.16. The van der Waals surface area contributed by atoms with Gasteiger partial charge in [-0.15, -0.1) is 0 Å². The summed E-state index contributed by atoms with van der Waals surface area (Å²) < 4.78 is 1.95. The molecule has 1 aliphatic rings. The van der Waals surface area contributed by atoms with Gasteiger partial charge < -0.3 is 10.6 Å². The van der Waals surface area contributed by atoms with Crippen LogP contribution in [-0.2, 0) is 13.1 Å². The van der Waals surface area contributed by atoms with E-state index >= 15 is 0 Å². The predicted octanol–water partition coefficient (Wildman–Crippen LogP) is 1.65. The van der Waals surface area contributed by atoms with E-state index in [1.165, 1.54) is 0 Å². The first-order valence-corrected chi connectivity index (χ1v) is 8.78. The van der Waals surface area contributed by atoms with Gasteiger partial charge in [0.1, 0.15) is 5.69 Å². The number of anilines is 1. The third-order valence-electron chi connectivity index (χ3n) is 4.54. The molecule has 2 aromatic rings. The molecule has 0 saturated carbocycles. The van der Waals surface area contributed by atoms with E-state index in [0.29, 0.717) is 24.8 Å². The highest BCUT2D eigenvalue weighted by atomic mass is 16.1. The lowest BCUT2D eigenvalue weighted by atomic mass is 10.2. The van der Waals surface area contributed by atoms with Crippen LogP contribution in [0.5, 0.6) is 0 Å². The summed E-state index contributed by atoms with van der Waals surface area (Å²) in [7, 11) is 0. The summed E-state index contributed by atoms with van der Waals surface area (Å²) in [5.41, 5.74) is 3.73. The van der Waals surface area contributed by atoms with Crippen molar-refractivity contribution in [2.24, 2.45) is 0 Å². The van der Waals surface area contributed by atoms with E-state index in [2.05, 4.69) is 39.5 Å². The van der Waals surface area contributed by atoms with Gasteiger partial charge in [0, 0.05) is 50.3 Å². The molecular weight excluding hydrogens is 316 g/mol. The monoisotopic (exact) mass is 342 g/mol. The van der Waals surface area contributed by atoms with Gasteiger partial charge in [0.25, 0.3) is 5.91 Å². The maximum atomic E-state index is 12.3. The van der Waals surface area contributed by atoms with Crippen LogP contribution in [0.2, 0.25) is 0 Å². The molecule has 0 spiro atoms. The molecule has 3 rings (SSSR count). The number of nitrogens with one attached hydrogen (secondary N) is 2. The van der Waals surface area contributed by atoms with E-state index in [4.69, 9.17) is 0 Å². The molecule has 2 N–H and O–H groups in total. The number of aromatic nitrogens is 3. The summed E-state index contributed by atoms with van der Waals surface area (Å²) in [6.07, 6.45) is 3.57. The van der Waals surface area contributed by atoms with Gasteiger partial charge >= 0.3 is 0 Å². The fourth-order valence-electron chi connectivity index (χ4n) is 2.97. The van der Waals surface area contributed by atoms with Crippen LogP contribution in [0.3, 0.4) is 0 Å². The van der Waals surface area contributed by atoms with Crippen LogP contribution in [-0.4, -0.2) is 51.2 Å². The molecule has 0 bridgehead atoms. The van der Waals surface area contributed by atoms with Gasteiger partial charge in [0.15, 0.2) is 0 Å². The predicted molar refractivity (Wildman–Crippen MR) is 97.6 cm³/mol. The topological polar surface area (TPSA) is 75.1 Å². The summed E-state index contributed by atoms with van der Waals surface area (Å²) in [5, 5.41) is 10.7. The second kappa shape index (κ2) is 7.65. The molecule has 1 amide bonds. The van der Waals surface area contributed by atoms with Gasteiger partial charge in [-0.2, -0.15) is 5.10 Å². The minimum Gasteiger partial charge on any atom is -0.383 e. The number of pyridine rings is 1. The molecule has 0 aromatic carbocycles. The van der Waals surface area contributed by atoms with Crippen LogP contribution in [0, 0.1) is 6.92 Å². The Bertz CT molecular complexity index is 739. The van der Waals surface area contributed by atoms with Crippen LogP contribution >= 0.6 is 0 Å². The Balaban J connectivity index is 1.50. The first-order chi connectivity index (χ1) is 12.0. The Morgan fingerprint density at radius 2 is 2.16 bits per heavy atom. The molecular formula is C18H26N6O. The minimum atomic E-state index is -0.119. The summed E-state index contributed by atoms with van der Waals surface area (Å²) in [5.74, 6) is -0.119. The standard InChI is InChI=1S/C18H26N6O/c1-13(2)23-8-9-24-15(12-23)10-17(22-24)18(25)21-7-6-20-16-4-5-19-11-14(16)3/h4-5,10-11,13H,6-9,12H2,1-3H3,(H,19,20)(H,21,25). The maximum Gasteiger partial charge on any atom is 0.271 e. The van der Waals surface area contributed by atoms with E-state index in [0.717, 1.165) is 36.6 Å². The van der Waals surface area contributed by atoms with Crippen molar-refractivity contribution >= 4 is 11.6 Å². The van der Waals surface area contributed by atoms with E-state index < -0.39 is 0 Å². The summed E-state index contributed by atoms with van der Waals surface area (Å²) in [4.78, 5) is 18.8. The molecule has 0 atom stereocenters. The fourth-order valence-corrected chi connectivity index (χ4v) is 2.97. The molecule has 7 heteroatoms. The van der Waals surface area contributed by atoms with Crippen molar-refractivity contribution in [3.8, 4) is 0 Å². The number of hydrogen-bond donors (Lipinski definition) is 2. The number of rotatable bonds is 6. The molecule has 0 radical (unpaired) electrons. The number of aryl methyl sites for hydroxylation is 1. The lowest BCUT2D eigenvalue weighted by molar-refractivity contribution is 0.0949. The molecule has 0 unspecified atom stereocenters. The zero-order valence-corrected chi connectivity index (χ0v) is 15.1. The van der Waals surface area contributed by atoms with Crippen molar-refractivity contribution in [2.45, 2.75) is 39.9 Å². The van der Waals surface area contributed by atoms with Crippen molar-refractivity contribution in [3.05, 3.63) is 41.5 Å². The van der Waals surface area contributed by atoms with Crippen molar-refractivity contribution in [1.29, 1.82) is 0 Å².